The van der Waals surface area contributed by atoms with E-state index in [1.54, 1.807) is 38.3 Å². The van der Waals surface area contributed by atoms with Crippen LogP contribution >= 0.6 is 31.9 Å². The molecule has 0 bridgehead atoms. The molecule has 0 aliphatic carbocycles. The summed E-state index contributed by atoms with van der Waals surface area (Å²) in [6.07, 6.45) is 1.55. The molecule has 3 aromatic rings. The lowest BCUT2D eigenvalue weighted by Gasteiger charge is -2.17. The number of carbonyl (C=O) groups is 1. The largest absolute Gasteiger partial charge is 0.493 e. The van der Waals surface area contributed by atoms with Gasteiger partial charge in [-0.3, -0.25) is 4.79 Å². The summed E-state index contributed by atoms with van der Waals surface area (Å²) >= 11 is 6.94. The predicted molar refractivity (Wildman–Crippen MR) is 143 cm³/mol. The van der Waals surface area contributed by atoms with Crippen molar-refractivity contribution >= 4 is 54.9 Å². The summed E-state index contributed by atoms with van der Waals surface area (Å²) in [7, 11) is 1.50. The molecule has 0 fully saturated rings. The van der Waals surface area contributed by atoms with E-state index >= 15 is 0 Å². The molecule has 0 saturated heterocycles. The van der Waals surface area contributed by atoms with Crippen molar-refractivity contribution in [2.45, 2.75) is 46.1 Å². The number of nitrogens with zero attached hydrogens (tertiary/aromatic N) is 3. The van der Waals surface area contributed by atoms with Crippen molar-refractivity contribution in [3.05, 3.63) is 61.0 Å². The van der Waals surface area contributed by atoms with E-state index in [0.717, 1.165) is 10.9 Å². The first-order valence-electron chi connectivity index (χ1n) is 11.2. The second kappa shape index (κ2) is 11.8. The van der Waals surface area contributed by atoms with Crippen molar-refractivity contribution in [2.24, 2.45) is 5.10 Å². The van der Waals surface area contributed by atoms with Crippen molar-refractivity contribution in [1.29, 1.82) is 0 Å². The van der Waals surface area contributed by atoms with Gasteiger partial charge in [0.1, 0.15) is 5.82 Å². The molecule has 0 radical (unpaired) electrons. The number of rotatable bonds is 9. The van der Waals surface area contributed by atoms with Crippen molar-refractivity contribution in [3.63, 3.8) is 0 Å². The molecule has 0 saturated carbocycles. The summed E-state index contributed by atoms with van der Waals surface area (Å²) < 4.78 is 19.0. The summed E-state index contributed by atoms with van der Waals surface area (Å²) in [5.74, 6) is 0.900. The fourth-order valence-corrected chi connectivity index (χ4v) is 4.08. The van der Waals surface area contributed by atoms with Gasteiger partial charge in [0.2, 0.25) is 0 Å². The van der Waals surface area contributed by atoms with Crippen LogP contribution in [0, 0.1) is 0 Å². The summed E-state index contributed by atoms with van der Waals surface area (Å²) in [6, 6.07) is 8.81. The maximum Gasteiger partial charge on any atom is 0.347 e. The fourth-order valence-electron chi connectivity index (χ4n) is 3.30. The Balaban J connectivity index is 2.04. The van der Waals surface area contributed by atoms with Gasteiger partial charge >= 0.3 is 5.97 Å². The first kappa shape index (κ1) is 26.9. The molecular weight excluding hydrogens is 582 g/mol. The van der Waals surface area contributed by atoms with Gasteiger partial charge in [0.25, 0.3) is 5.56 Å². The van der Waals surface area contributed by atoms with Crippen LogP contribution in [0.1, 0.15) is 51.4 Å². The molecule has 2 aromatic carbocycles. The third-order valence-electron chi connectivity index (χ3n) is 5.40. The van der Waals surface area contributed by atoms with Crippen molar-refractivity contribution < 1.29 is 19.0 Å². The summed E-state index contributed by atoms with van der Waals surface area (Å²) in [4.78, 5) is 30.0. The second-order valence-corrected chi connectivity index (χ2v) is 9.61. The van der Waals surface area contributed by atoms with Crippen LogP contribution in [0.15, 0.2) is 49.2 Å². The standard InChI is InChI=1S/C25H27Br2N3O5/c1-6-14(3)23-29-20-9-8-17(26)11-18(20)24(31)30(23)28-13-16-10-21(33-5)22(12-19(16)27)35-15(4)25(32)34-7-2/h8-15H,6-7H2,1-5H3/t14-,15+/m0/s1. The SMILES string of the molecule is CCOC(=O)[C@@H](C)Oc1cc(Br)c(C=Nn2c([C@@H](C)CC)nc3ccc(Br)cc3c2=O)cc1OC. The minimum atomic E-state index is -0.810. The minimum Gasteiger partial charge on any atom is -0.493 e. The Morgan fingerprint density at radius 3 is 2.57 bits per heavy atom. The number of hydrogen-bond acceptors (Lipinski definition) is 7. The van der Waals surface area contributed by atoms with E-state index in [4.69, 9.17) is 19.2 Å². The molecule has 0 N–H and O–H groups in total. The van der Waals surface area contributed by atoms with Crippen molar-refractivity contribution in [2.75, 3.05) is 13.7 Å². The third kappa shape index (κ3) is 6.10. The van der Waals surface area contributed by atoms with Gasteiger partial charge in [0.15, 0.2) is 17.6 Å². The number of benzene rings is 2. The molecule has 1 heterocycles. The Hall–Kier alpha value is -2.72. The zero-order valence-electron chi connectivity index (χ0n) is 20.2. The van der Waals surface area contributed by atoms with Crippen LogP contribution < -0.4 is 15.0 Å². The summed E-state index contributed by atoms with van der Waals surface area (Å²) in [5.41, 5.74) is 1.02. The van der Waals surface area contributed by atoms with E-state index in [1.807, 2.05) is 26.0 Å². The van der Waals surface area contributed by atoms with Gasteiger partial charge in [-0.25, -0.2) is 9.78 Å². The maximum absolute atomic E-state index is 13.3. The normalized spacial score (nSPS) is 13.1. The van der Waals surface area contributed by atoms with Gasteiger partial charge in [-0.2, -0.15) is 9.78 Å². The smallest absolute Gasteiger partial charge is 0.347 e. The number of fused-ring (bicyclic) bond motifs is 1. The Kier molecular flexibility index (Phi) is 9.07. The lowest BCUT2D eigenvalue weighted by molar-refractivity contribution is -0.150. The van der Waals surface area contributed by atoms with Crippen molar-refractivity contribution in [1.82, 2.24) is 9.66 Å². The van der Waals surface area contributed by atoms with Crippen LogP contribution in [0.5, 0.6) is 11.5 Å². The number of hydrogen-bond donors (Lipinski definition) is 0. The maximum atomic E-state index is 13.3. The molecule has 0 unspecified atom stereocenters. The van der Waals surface area contributed by atoms with Gasteiger partial charge in [0, 0.05) is 20.4 Å². The fraction of sp³-hybridized carbons (Fsp3) is 0.360. The Morgan fingerprint density at radius 1 is 1.17 bits per heavy atom. The lowest BCUT2D eigenvalue weighted by atomic mass is 10.1. The first-order valence-corrected chi connectivity index (χ1v) is 12.8. The predicted octanol–water partition coefficient (Wildman–Crippen LogP) is 5.66. The average molecular weight is 609 g/mol. The molecule has 8 nitrogen and oxygen atoms in total. The molecule has 0 aliphatic rings. The number of methoxy groups -OCH3 is 1. The molecule has 0 amide bonds. The van der Waals surface area contributed by atoms with Gasteiger partial charge < -0.3 is 14.2 Å². The number of carbonyl (C=O) groups excluding carboxylic acids is 1. The molecule has 186 valence electrons. The van der Waals surface area contributed by atoms with Crippen molar-refractivity contribution in [3.8, 4) is 11.5 Å². The third-order valence-corrected chi connectivity index (χ3v) is 6.58. The number of halogens is 2. The molecule has 2 atom stereocenters. The van der Waals surface area contributed by atoms with E-state index in [1.165, 1.54) is 11.8 Å². The van der Waals surface area contributed by atoms with Crippen LogP contribution in [0.25, 0.3) is 10.9 Å². The molecule has 35 heavy (non-hydrogen) atoms. The minimum absolute atomic E-state index is 0.0195. The zero-order valence-corrected chi connectivity index (χ0v) is 23.3. The Bertz CT molecular complexity index is 1320. The van der Waals surface area contributed by atoms with Gasteiger partial charge in [-0.1, -0.05) is 29.8 Å². The highest BCUT2D eigenvalue weighted by Crippen LogP contribution is 2.34. The van der Waals surface area contributed by atoms with E-state index in [9.17, 15) is 9.59 Å². The summed E-state index contributed by atoms with van der Waals surface area (Å²) in [5, 5.41) is 4.97. The molecule has 0 spiro atoms. The number of esters is 1. The molecule has 3 rings (SSSR count). The van der Waals surface area contributed by atoms with Crippen LogP contribution in [0.4, 0.5) is 0 Å². The molecule has 1 aromatic heterocycles. The highest BCUT2D eigenvalue weighted by molar-refractivity contribution is 9.10. The zero-order chi connectivity index (χ0) is 25.7. The highest BCUT2D eigenvalue weighted by atomic mass is 79.9. The van der Waals surface area contributed by atoms with Gasteiger partial charge in [-0.15, -0.1) is 0 Å². The number of aromatic nitrogens is 2. The quantitative estimate of drug-likeness (QED) is 0.230. The highest BCUT2D eigenvalue weighted by Gasteiger charge is 2.20. The second-order valence-electron chi connectivity index (χ2n) is 7.84. The van der Waals surface area contributed by atoms with Gasteiger partial charge in [-0.05, 0) is 66.5 Å². The van der Waals surface area contributed by atoms with E-state index in [0.29, 0.717) is 38.3 Å². The van der Waals surface area contributed by atoms with E-state index < -0.39 is 12.1 Å². The van der Waals surface area contributed by atoms with E-state index in [2.05, 4.69) is 37.0 Å². The van der Waals surface area contributed by atoms with Gasteiger partial charge in [0.05, 0.1) is 30.8 Å². The average Bonchev–Trinajstić information content (AvgIpc) is 2.84. The summed E-state index contributed by atoms with van der Waals surface area (Å²) in [6.45, 7) is 7.65. The Morgan fingerprint density at radius 2 is 1.91 bits per heavy atom. The molecular formula is C25H27Br2N3O5. The number of ether oxygens (including phenoxy) is 3. The van der Waals surface area contributed by atoms with Crippen LogP contribution in [-0.4, -0.2) is 41.7 Å². The van der Waals surface area contributed by atoms with Crippen LogP contribution in [-0.2, 0) is 9.53 Å². The van der Waals surface area contributed by atoms with Crippen LogP contribution in [0.2, 0.25) is 0 Å². The molecule has 0 aliphatic heterocycles. The first-order chi connectivity index (χ1) is 16.7. The Labute approximate surface area is 220 Å². The lowest BCUT2D eigenvalue weighted by Crippen LogP contribution is -2.26. The van der Waals surface area contributed by atoms with Crippen LogP contribution in [0.3, 0.4) is 0 Å². The topological polar surface area (TPSA) is 92.0 Å². The molecule has 10 heteroatoms. The monoisotopic (exact) mass is 607 g/mol. The van der Waals surface area contributed by atoms with E-state index in [-0.39, 0.29) is 18.1 Å².